The highest BCUT2D eigenvalue weighted by Gasteiger charge is 2.35. The number of nitrogens with one attached hydrogen (secondary N) is 1. The van der Waals surface area contributed by atoms with Gasteiger partial charge in [0.2, 0.25) is 5.91 Å². The van der Waals surface area contributed by atoms with Crippen molar-refractivity contribution in [2.24, 2.45) is 11.8 Å². The minimum atomic E-state index is -0.864. The topological polar surface area (TPSA) is 66.4 Å². The van der Waals surface area contributed by atoms with Gasteiger partial charge in [-0.2, -0.15) is 0 Å². The van der Waals surface area contributed by atoms with E-state index in [1.54, 1.807) is 0 Å². The highest BCUT2D eigenvalue weighted by molar-refractivity contribution is 5.84. The van der Waals surface area contributed by atoms with Crippen LogP contribution < -0.4 is 5.32 Å². The zero-order valence-electron chi connectivity index (χ0n) is 9.24. The molecule has 4 nitrogen and oxygen atoms in total. The molecule has 2 atom stereocenters. The fraction of sp³-hybridized carbons (Fsp3) is 0.667. The van der Waals surface area contributed by atoms with Crippen LogP contribution in [0.15, 0.2) is 0 Å². The highest BCUT2D eigenvalue weighted by atomic mass is 16.4. The quantitative estimate of drug-likeness (QED) is 0.552. The first kappa shape index (κ1) is 12.6. The molecule has 0 spiro atoms. The zero-order chi connectivity index (χ0) is 12.0. The van der Waals surface area contributed by atoms with Crippen molar-refractivity contribution in [1.82, 2.24) is 5.32 Å². The third kappa shape index (κ3) is 3.27. The molecule has 88 valence electrons. The maximum atomic E-state index is 11.7. The Labute approximate surface area is 95.4 Å². The monoisotopic (exact) mass is 223 g/mol. The van der Waals surface area contributed by atoms with E-state index >= 15 is 0 Å². The molecule has 0 aliphatic heterocycles. The number of hydrogen-bond donors (Lipinski definition) is 2. The molecule has 1 aliphatic carbocycles. The summed E-state index contributed by atoms with van der Waals surface area (Å²) < 4.78 is 0. The summed E-state index contributed by atoms with van der Waals surface area (Å²) in [4.78, 5) is 22.7. The second-order valence-electron chi connectivity index (χ2n) is 4.08. The number of amides is 1. The summed E-state index contributed by atoms with van der Waals surface area (Å²) in [5.74, 6) is 0.487. The molecule has 0 aromatic rings. The molecule has 0 saturated heterocycles. The van der Waals surface area contributed by atoms with Crippen LogP contribution in [0.2, 0.25) is 0 Å². The molecule has 1 aliphatic rings. The molecule has 1 amide bonds. The Morgan fingerprint density at radius 2 is 1.94 bits per heavy atom. The second-order valence-corrected chi connectivity index (χ2v) is 4.08. The Hall–Kier alpha value is -1.50. The third-order valence-corrected chi connectivity index (χ3v) is 2.99. The van der Waals surface area contributed by atoms with Gasteiger partial charge < -0.3 is 10.4 Å². The van der Waals surface area contributed by atoms with Crippen molar-refractivity contribution in [1.29, 1.82) is 0 Å². The van der Waals surface area contributed by atoms with Crippen LogP contribution in [-0.2, 0) is 9.59 Å². The first-order valence-electron chi connectivity index (χ1n) is 5.60. The Balaban J connectivity index is 2.51. The minimum Gasteiger partial charge on any atom is -0.481 e. The van der Waals surface area contributed by atoms with E-state index in [0.717, 1.165) is 12.8 Å². The normalized spacial score (nSPS) is 24.4. The van der Waals surface area contributed by atoms with Crippen LogP contribution in [-0.4, -0.2) is 23.5 Å². The number of carboxylic acids is 1. The predicted octanol–water partition coefficient (Wildman–Crippen LogP) is 1.02. The smallest absolute Gasteiger partial charge is 0.307 e. The first-order valence-corrected chi connectivity index (χ1v) is 5.60. The standard InChI is InChI=1S/C12H17NO3/c1-2-3-8-13-11(14)9-6-4-5-7-10(9)12(15)16/h1,9-10H,3-8H2,(H,13,14)(H,15,16). The Morgan fingerprint density at radius 3 is 2.50 bits per heavy atom. The van der Waals surface area contributed by atoms with Crippen LogP contribution in [0, 0.1) is 24.2 Å². The number of hydrogen-bond acceptors (Lipinski definition) is 2. The van der Waals surface area contributed by atoms with Gasteiger partial charge in [-0.05, 0) is 12.8 Å². The van der Waals surface area contributed by atoms with Crippen LogP contribution in [0.1, 0.15) is 32.1 Å². The van der Waals surface area contributed by atoms with Gasteiger partial charge in [-0.3, -0.25) is 9.59 Å². The maximum absolute atomic E-state index is 11.7. The summed E-state index contributed by atoms with van der Waals surface area (Å²) in [5, 5.41) is 11.7. The average molecular weight is 223 g/mol. The fourth-order valence-corrected chi connectivity index (χ4v) is 2.13. The lowest BCUT2D eigenvalue weighted by Gasteiger charge is -2.27. The summed E-state index contributed by atoms with van der Waals surface area (Å²) in [6, 6.07) is 0. The van der Waals surface area contributed by atoms with Gasteiger partial charge >= 0.3 is 5.97 Å². The molecule has 2 unspecified atom stereocenters. The summed E-state index contributed by atoms with van der Waals surface area (Å²) in [6.07, 6.45) is 8.64. The molecule has 1 rings (SSSR count). The molecule has 16 heavy (non-hydrogen) atoms. The van der Waals surface area contributed by atoms with E-state index in [0.29, 0.717) is 25.8 Å². The molecule has 1 saturated carbocycles. The molecule has 0 aromatic carbocycles. The Morgan fingerprint density at radius 1 is 1.31 bits per heavy atom. The maximum Gasteiger partial charge on any atom is 0.307 e. The summed E-state index contributed by atoms with van der Waals surface area (Å²) in [7, 11) is 0. The van der Waals surface area contributed by atoms with E-state index in [-0.39, 0.29) is 11.8 Å². The van der Waals surface area contributed by atoms with Gasteiger partial charge in [-0.1, -0.05) is 12.8 Å². The molecule has 0 aromatic heterocycles. The molecular weight excluding hydrogens is 206 g/mol. The van der Waals surface area contributed by atoms with Crippen LogP contribution >= 0.6 is 0 Å². The van der Waals surface area contributed by atoms with Gasteiger partial charge in [0.15, 0.2) is 0 Å². The lowest BCUT2D eigenvalue weighted by molar-refractivity contribution is -0.148. The van der Waals surface area contributed by atoms with Crippen molar-refractivity contribution < 1.29 is 14.7 Å². The van der Waals surface area contributed by atoms with Crippen molar-refractivity contribution in [3.63, 3.8) is 0 Å². The van der Waals surface area contributed by atoms with E-state index < -0.39 is 11.9 Å². The third-order valence-electron chi connectivity index (χ3n) is 2.99. The number of aliphatic carboxylic acids is 1. The number of carbonyl (C=O) groups excluding carboxylic acids is 1. The largest absolute Gasteiger partial charge is 0.481 e. The van der Waals surface area contributed by atoms with Crippen molar-refractivity contribution >= 4 is 11.9 Å². The Bertz CT molecular complexity index is 306. The number of carboxylic acid groups (broad SMARTS) is 1. The molecular formula is C12H17NO3. The van der Waals surface area contributed by atoms with Gasteiger partial charge in [-0.15, -0.1) is 12.3 Å². The highest BCUT2D eigenvalue weighted by Crippen LogP contribution is 2.30. The zero-order valence-corrected chi connectivity index (χ0v) is 9.24. The lowest BCUT2D eigenvalue weighted by atomic mass is 9.79. The molecule has 0 heterocycles. The molecule has 0 bridgehead atoms. The lowest BCUT2D eigenvalue weighted by Crippen LogP contribution is -2.40. The van der Waals surface area contributed by atoms with Gasteiger partial charge in [0.25, 0.3) is 0 Å². The summed E-state index contributed by atoms with van der Waals surface area (Å²) >= 11 is 0. The van der Waals surface area contributed by atoms with Crippen LogP contribution in [0.25, 0.3) is 0 Å². The number of carbonyl (C=O) groups is 2. The van der Waals surface area contributed by atoms with E-state index in [1.807, 2.05) is 0 Å². The van der Waals surface area contributed by atoms with Gasteiger partial charge in [0.05, 0.1) is 11.8 Å². The minimum absolute atomic E-state index is 0.164. The van der Waals surface area contributed by atoms with Crippen molar-refractivity contribution in [3.05, 3.63) is 0 Å². The van der Waals surface area contributed by atoms with Gasteiger partial charge in [0, 0.05) is 13.0 Å². The van der Waals surface area contributed by atoms with E-state index in [9.17, 15) is 9.59 Å². The van der Waals surface area contributed by atoms with Gasteiger partial charge in [0.1, 0.15) is 0 Å². The second kappa shape index (κ2) is 6.16. The van der Waals surface area contributed by atoms with Gasteiger partial charge in [-0.25, -0.2) is 0 Å². The summed E-state index contributed by atoms with van der Waals surface area (Å²) in [5.41, 5.74) is 0. The molecule has 4 heteroatoms. The van der Waals surface area contributed by atoms with Crippen molar-refractivity contribution in [3.8, 4) is 12.3 Å². The molecule has 0 radical (unpaired) electrons. The van der Waals surface area contributed by atoms with Crippen molar-refractivity contribution in [2.75, 3.05) is 6.54 Å². The van der Waals surface area contributed by atoms with Crippen LogP contribution in [0.5, 0.6) is 0 Å². The first-order chi connectivity index (χ1) is 7.66. The van der Waals surface area contributed by atoms with E-state index in [2.05, 4.69) is 11.2 Å². The molecule has 2 N–H and O–H groups in total. The number of rotatable bonds is 4. The number of terminal acetylenes is 1. The predicted molar refractivity (Wildman–Crippen MR) is 59.5 cm³/mol. The van der Waals surface area contributed by atoms with Crippen LogP contribution in [0.3, 0.4) is 0 Å². The molecule has 1 fully saturated rings. The van der Waals surface area contributed by atoms with Crippen LogP contribution in [0.4, 0.5) is 0 Å². The van der Waals surface area contributed by atoms with E-state index in [1.165, 1.54) is 0 Å². The SMILES string of the molecule is C#CCCNC(=O)C1CCCCC1C(=O)O. The Kier molecular flexibility index (Phi) is 4.84. The average Bonchev–Trinajstić information content (AvgIpc) is 2.29. The van der Waals surface area contributed by atoms with E-state index in [4.69, 9.17) is 11.5 Å². The summed E-state index contributed by atoms with van der Waals surface area (Å²) in [6.45, 7) is 0.429. The fourth-order valence-electron chi connectivity index (χ4n) is 2.13. The van der Waals surface area contributed by atoms with Crippen molar-refractivity contribution in [2.45, 2.75) is 32.1 Å².